The van der Waals surface area contributed by atoms with Crippen LogP contribution >= 0.6 is 0 Å². The lowest BCUT2D eigenvalue weighted by Gasteiger charge is -2.50. The molecule has 39 heavy (non-hydrogen) atoms. The van der Waals surface area contributed by atoms with E-state index in [4.69, 9.17) is 14.3 Å². The zero-order valence-corrected chi connectivity index (χ0v) is 23.1. The fraction of sp³-hybridized carbons (Fsp3) is 0.438. The number of para-hydroxylation sites is 1. The van der Waals surface area contributed by atoms with E-state index in [1.165, 1.54) is 10.9 Å². The number of carbonyl (C=O) groups is 1. The third-order valence-corrected chi connectivity index (χ3v) is 8.39. The Balaban J connectivity index is 0.00000112. The van der Waals surface area contributed by atoms with Crippen LogP contribution in [-0.4, -0.2) is 46.7 Å². The van der Waals surface area contributed by atoms with E-state index in [2.05, 4.69) is 34.6 Å². The van der Waals surface area contributed by atoms with Crippen LogP contribution < -0.4 is 0 Å². The molecule has 1 aromatic heterocycles. The van der Waals surface area contributed by atoms with Gasteiger partial charge in [-0.05, 0) is 55.9 Å². The summed E-state index contributed by atoms with van der Waals surface area (Å²) in [6, 6.07) is 18.3. The molecule has 0 radical (unpaired) electrons. The van der Waals surface area contributed by atoms with Crippen LogP contribution in [0.4, 0.5) is 0 Å². The van der Waals surface area contributed by atoms with Gasteiger partial charge in [-0.1, -0.05) is 55.5 Å². The summed E-state index contributed by atoms with van der Waals surface area (Å²) in [5.74, 6) is 0.120. The van der Waals surface area contributed by atoms with Crippen LogP contribution in [0, 0.1) is 5.41 Å². The molecule has 3 atom stereocenters. The van der Waals surface area contributed by atoms with Crippen molar-refractivity contribution in [3.05, 3.63) is 83.7 Å². The number of ketones is 1. The first-order valence-corrected chi connectivity index (χ1v) is 13.7. The van der Waals surface area contributed by atoms with E-state index in [-0.39, 0.29) is 23.5 Å². The summed E-state index contributed by atoms with van der Waals surface area (Å²) >= 11 is 0. The molecule has 7 nitrogen and oxygen atoms in total. The van der Waals surface area contributed by atoms with E-state index < -0.39 is 5.72 Å². The summed E-state index contributed by atoms with van der Waals surface area (Å²) in [4.78, 5) is 31.2. The third-order valence-electron chi connectivity index (χ3n) is 8.39. The largest absolute Gasteiger partial charge is 0.377 e. The number of aromatic nitrogens is 1. The summed E-state index contributed by atoms with van der Waals surface area (Å²) in [6.45, 7) is 5.88. The smallest absolute Gasteiger partial charge is 0.373 e. The lowest BCUT2D eigenvalue weighted by atomic mass is 9.66. The predicted molar refractivity (Wildman–Crippen MR) is 149 cm³/mol. The van der Waals surface area contributed by atoms with Gasteiger partial charge in [0.25, 0.3) is 0 Å². The Labute approximate surface area is 230 Å². The van der Waals surface area contributed by atoms with Gasteiger partial charge < -0.3 is 19.3 Å². The van der Waals surface area contributed by atoms with E-state index in [9.17, 15) is 9.90 Å². The number of methoxy groups -OCH3 is 1. The number of hydrogen-bond donors (Lipinski definition) is 1. The number of ether oxygens (including phenoxy) is 1. The molecule has 2 aliphatic rings. The highest BCUT2D eigenvalue weighted by Gasteiger charge is 2.52. The van der Waals surface area contributed by atoms with Crippen LogP contribution in [0.3, 0.4) is 0 Å². The van der Waals surface area contributed by atoms with Crippen molar-refractivity contribution >= 4 is 22.8 Å². The van der Waals surface area contributed by atoms with Gasteiger partial charge >= 0.3 is 6.15 Å². The van der Waals surface area contributed by atoms with Crippen molar-refractivity contribution in [3.8, 4) is 0 Å². The van der Waals surface area contributed by atoms with Crippen molar-refractivity contribution in [1.82, 2.24) is 9.47 Å². The molecule has 3 aromatic rings. The molecular weight excluding hydrogens is 492 g/mol. The molecule has 206 valence electrons. The summed E-state index contributed by atoms with van der Waals surface area (Å²) in [5, 5.41) is 13.0. The molecule has 5 rings (SSSR count). The minimum Gasteiger partial charge on any atom is -0.377 e. The number of carbonyl (C=O) groups excluding carboxylic acids is 3. The van der Waals surface area contributed by atoms with Crippen LogP contribution in [0.1, 0.15) is 62.5 Å². The maximum absolute atomic E-state index is 12.7. The lowest BCUT2D eigenvalue weighted by molar-refractivity contribution is -0.191. The van der Waals surface area contributed by atoms with Crippen LogP contribution in [-0.2, 0) is 37.7 Å². The number of allylic oxidation sites excluding steroid dienone is 1. The number of hydrogen-bond acceptors (Lipinski definition) is 6. The van der Waals surface area contributed by atoms with Crippen molar-refractivity contribution in [1.29, 1.82) is 0 Å². The van der Waals surface area contributed by atoms with Crippen molar-refractivity contribution in [2.45, 2.75) is 64.2 Å². The SMILES string of the molecule is CCC12CCCN(/C=C/C(=O)Cc3ccccc3)CCc3c(n(c4ccccc34)C(C)(O)C1)C2OC.O=C=O. The summed E-state index contributed by atoms with van der Waals surface area (Å²) in [5.41, 5.74) is 3.37. The Morgan fingerprint density at radius 3 is 2.51 bits per heavy atom. The van der Waals surface area contributed by atoms with Gasteiger partial charge in [0, 0.05) is 50.0 Å². The Morgan fingerprint density at radius 2 is 1.82 bits per heavy atom. The average Bonchev–Trinajstić information content (AvgIpc) is 3.26. The molecule has 0 saturated carbocycles. The number of fused-ring (bicyclic) bond motifs is 4. The highest BCUT2D eigenvalue weighted by Crippen LogP contribution is 2.56. The van der Waals surface area contributed by atoms with Gasteiger partial charge in [-0.2, -0.15) is 9.59 Å². The Morgan fingerprint density at radius 1 is 1.13 bits per heavy atom. The monoisotopic (exact) mass is 530 g/mol. The first kappa shape index (κ1) is 28.5. The van der Waals surface area contributed by atoms with Crippen LogP contribution in [0.5, 0.6) is 0 Å². The quantitative estimate of drug-likeness (QED) is 0.442. The molecule has 0 fully saturated rings. The van der Waals surface area contributed by atoms with Gasteiger partial charge in [0.1, 0.15) is 11.8 Å². The first-order chi connectivity index (χ1) is 18.8. The molecule has 0 aliphatic carbocycles. The van der Waals surface area contributed by atoms with Gasteiger partial charge in [0.05, 0.1) is 11.2 Å². The van der Waals surface area contributed by atoms with Crippen molar-refractivity contribution in [3.63, 3.8) is 0 Å². The van der Waals surface area contributed by atoms with Gasteiger partial charge in [-0.15, -0.1) is 0 Å². The molecule has 3 heterocycles. The van der Waals surface area contributed by atoms with Gasteiger partial charge in [-0.25, -0.2) is 0 Å². The molecule has 2 bridgehead atoms. The van der Waals surface area contributed by atoms with Crippen molar-refractivity contribution in [2.75, 3.05) is 20.2 Å². The second kappa shape index (κ2) is 12.1. The fourth-order valence-electron chi connectivity index (χ4n) is 6.78. The molecule has 7 heteroatoms. The van der Waals surface area contributed by atoms with E-state index in [1.54, 1.807) is 6.08 Å². The lowest BCUT2D eigenvalue weighted by Crippen LogP contribution is -2.48. The number of aliphatic hydroxyl groups is 1. The van der Waals surface area contributed by atoms with Crippen molar-refractivity contribution in [2.24, 2.45) is 5.41 Å². The van der Waals surface area contributed by atoms with Crippen LogP contribution in [0.25, 0.3) is 10.9 Å². The Hall–Kier alpha value is -3.51. The first-order valence-electron chi connectivity index (χ1n) is 13.7. The van der Waals surface area contributed by atoms with E-state index in [0.29, 0.717) is 12.8 Å². The predicted octanol–water partition coefficient (Wildman–Crippen LogP) is 5.17. The van der Waals surface area contributed by atoms with Gasteiger partial charge in [0.15, 0.2) is 5.78 Å². The highest BCUT2D eigenvalue weighted by atomic mass is 16.5. The number of rotatable bonds is 6. The molecule has 1 N–H and O–H groups in total. The summed E-state index contributed by atoms with van der Waals surface area (Å²) < 4.78 is 8.41. The standard InChI is InChI=1S/C31H38N2O3.CO2/c1-4-31-17-10-18-32(19-15-24(34)21-23-11-6-5-7-12-23)20-16-26-25-13-8-9-14-27(25)33(30(2,35)22-31)28(26)29(31)36-3;2-1-3/h5-9,11-15,19,29,35H,4,10,16-18,20-22H2,1-3H3;/b19-15+;. The minimum atomic E-state index is -0.971. The molecule has 0 amide bonds. The van der Waals surface area contributed by atoms with Gasteiger partial charge in [0.2, 0.25) is 0 Å². The second-order valence-corrected chi connectivity index (χ2v) is 10.9. The molecular formula is C32H38N2O5. The highest BCUT2D eigenvalue weighted by molar-refractivity contribution is 5.91. The summed E-state index contributed by atoms with van der Waals surface area (Å²) in [7, 11) is 1.82. The maximum atomic E-state index is 12.7. The molecule has 0 saturated heterocycles. The third kappa shape index (κ3) is 5.76. The Kier molecular flexibility index (Phi) is 8.86. The zero-order chi connectivity index (χ0) is 28.0. The van der Waals surface area contributed by atoms with E-state index in [0.717, 1.165) is 55.5 Å². The molecule has 0 spiro atoms. The summed E-state index contributed by atoms with van der Waals surface area (Å²) in [6.07, 6.45) is 8.72. The number of nitrogens with zero attached hydrogens (tertiary/aromatic N) is 2. The molecule has 2 aliphatic heterocycles. The van der Waals surface area contributed by atoms with Crippen LogP contribution in [0.2, 0.25) is 0 Å². The average molecular weight is 531 g/mol. The van der Waals surface area contributed by atoms with Crippen LogP contribution in [0.15, 0.2) is 66.9 Å². The zero-order valence-electron chi connectivity index (χ0n) is 23.1. The fourth-order valence-corrected chi connectivity index (χ4v) is 6.78. The van der Waals surface area contributed by atoms with E-state index >= 15 is 0 Å². The Bertz CT molecular complexity index is 1350. The van der Waals surface area contributed by atoms with Crippen molar-refractivity contribution < 1.29 is 24.2 Å². The topological polar surface area (TPSA) is 88.8 Å². The number of benzene rings is 2. The molecule has 3 unspecified atom stereocenters. The normalized spacial score (nSPS) is 24.6. The van der Waals surface area contributed by atoms with Gasteiger partial charge in [-0.3, -0.25) is 4.79 Å². The minimum absolute atomic E-state index is 0.0559. The van der Waals surface area contributed by atoms with E-state index in [1.807, 2.05) is 56.6 Å². The maximum Gasteiger partial charge on any atom is 0.373 e. The second-order valence-electron chi connectivity index (χ2n) is 10.9. The molecule has 2 aromatic carbocycles.